The van der Waals surface area contributed by atoms with E-state index in [4.69, 9.17) is 5.11 Å². The number of hydrogen-bond acceptors (Lipinski definition) is 3. The number of aliphatic hydroxyl groups excluding tert-OH is 1. The highest BCUT2D eigenvalue weighted by molar-refractivity contribution is 7.07. The predicted molar refractivity (Wildman–Crippen MR) is 70.4 cm³/mol. The first-order chi connectivity index (χ1) is 8.17. The molecule has 0 saturated carbocycles. The minimum absolute atomic E-state index is 0.0238. The van der Waals surface area contributed by atoms with Gasteiger partial charge in [-0.1, -0.05) is 13.8 Å². The molecular formula is C12H20N2O2S. The van der Waals surface area contributed by atoms with Crippen molar-refractivity contribution in [3.63, 3.8) is 0 Å². The highest BCUT2D eigenvalue weighted by Gasteiger charge is 2.11. The predicted octanol–water partition coefficient (Wildman–Crippen LogP) is 1.92. The van der Waals surface area contributed by atoms with Gasteiger partial charge in [0.15, 0.2) is 0 Å². The van der Waals surface area contributed by atoms with Crippen molar-refractivity contribution in [2.75, 3.05) is 13.2 Å². The number of nitrogens with one attached hydrogen (secondary N) is 2. The summed E-state index contributed by atoms with van der Waals surface area (Å²) < 4.78 is 0. The molecule has 2 amide bonds. The Balaban J connectivity index is 2.28. The van der Waals surface area contributed by atoms with Crippen LogP contribution in [-0.4, -0.2) is 30.3 Å². The Morgan fingerprint density at radius 2 is 2.35 bits per heavy atom. The number of carbonyl (C=O) groups is 1. The van der Waals surface area contributed by atoms with Gasteiger partial charge >= 0.3 is 6.03 Å². The minimum atomic E-state index is -0.215. The monoisotopic (exact) mass is 256 g/mol. The summed E-state index contributed by atoms with van der Waals surface area (Å²) in [5, 5.41) is 18.6. The second kappa shape index (κ2) is 7.29. The van der Waals surface area contributed by atoms with Crippen LogP contribution in [0.15, 0.2) is 16.8 Å². The number of rotatable bonds is 6. The smallest absolute Gasteiger partial charge is 0.315 e. The molecule has 3 N–H and O–H groups in total. The van der Waals surface area contributed by atoms with Gasteiger partial charge in [0.2, 0.25) is 0 Å². The maximum atomic E-state index is 11.5. The van der Waals surface area contributed by atoms with Crippen LogP contribution in [0, 0.1) is 0 Å². The van der Waals surface area contributed by atoms with Crippen LogP contribution in [0.3, 0.4) is 0 Å². The summed E-state index contributed by atoms with van der Waals surface area (Å²) in [6.07, 6.45) is 0.726. The first kappa shape index (κ1) is 14.0. The number of amides is 2. The van der Waals surface area contributed by atoms with Gasteiger partial charge in [0.1, 0.15) is 0 Å². The molecule has 2 atom stereocenters. The zero-order chi connectivity index (χ0) is 12.7. The van der Waals surface area contributed by atoms with Crippen molar-refractivity contribution in [3.8, 4) is 0 Å². The van der Waals surface area contributed by atoms with Gasteiger partial charge in [0.25, 0.3) is 0 Å². The summed E-state index contributed by atoms with van der Waals surface area (Å²) in [6, 6.07) is 1.69. The van der Waals surface area contributed by atoms with Gasteiger partial charge in [-0.15, -0.1) is 0 Å². The highest BCUT2D eigenvalue weighted by atomic mass is 32.1. The molecule has 1 rings (SSSR count). The van der Waals surface area contributed by atoms with Crippen molar-refractivity contribution in [1.82, 2.24) is 10.6 Å². The first-order valence-corrected chi connectivity index (χ1v) is 6.79. The molecule has 17 heavy (non-hydrogen) atoms. The van der Waals surface area contributed by atoms with Crippen LogP contribution in [-0.2, 0) is 0 Å². The van der Waals surface area contributed by atoms with Crippen molar-refractivity contribution < 1.29 is 9.90 Å². The van der Waals surface area contributed by atoms with E-state index in [0.29, 0.717) is 12.5 Å². The van der Waals surface area contributed by atoms with E-state index < -0.39 is 0 Å². The molecule has 0 aliphatic heterocycles. The lowest BCUT2D eigenvalue weighted by atomic mass is 10.1. The summed E-state index contributed by atoms with van der Waals surface area (Å²) in [5.41, 5.74) is 1.24. The number of aliphatic hydroxyl groups is 1. The Bertz CT molecular complexity index is 323. The zero-order valence-electron chi connectivity index (χ0n) is 10.3. The first-order valence-electron chi connectivity index (χ1n) is 5.84. The largest absolute Gasteiger partial charge is 0.394 e. The van der Waals surface area contributed by atoms with Crippen LogP contribution < -0.4 is 10.6 Å². The molecule has 2 unspecified atom stereocenters. The SMILES string of the molecule is CCC(CO)NC(=O)NCC(C)c1ccsc1. The molecule has 0 aliphatic rings. The standard InChI is InChI=1S/C12H20N2O2S/c1-3-11(7-15)14-12(16)13-6-9(2)10-4-5-17-8-10/h4-5,8-9,11,15H,3,6-7H2,1-2H3,(H2,13,14,16). The van der Waals surface area contributed by atoms with Crippen molar-refractivity contribution in [2.45, 2.75) is 32.2 Å². The highest BCUT2D eigenvalue weighted by Crippen LogP contribution is 2.16. The minimum Gasteiger partial charge on any atom is -0.394 e. The van der Waals surface area contributed by atoms with Crippen LogP contribution in [0.25, 0.3) is 0 Å². The third-order valence-corrected chi connectivity index (χ3v) is 3.43. The average molecular weight is 256 g/mol. The van der Waals surface area contributed by atoms with Crippen LogP contribution in [0.1, 0.15) is 31.7 Å². The fourth-order valence-electron chi connectivity index (χ4n) is 1.43. The molecule has 1 heterocycles. The molecule has 0 aromatic carbocycles. The zero-order valence-corrected chi connectivity index (χ0v) is 11.1. The molecule has 0 radical (unpaired) electrons. The molecule has 1 aromatic heterocycles. The summed E-state index contributed by atoms with van der Waals surface area (Å²) in [6.45, 7) is 4.58. The van der Waals surface area contributed by atoms with Crippen molar-refractivity contribution in [2.24, 2.45) is 0 Å². The number of urea groups is 1. The van der Waals surface area contributed by atoms with Gasteiger partial charge in [-0.2, -0.15) is 11.3 Å². The van der Waals surface area contributed by atoms with Gasteiger partial charge in [0.05, 0.1) is 12.6 Å². The molecule has 0 fully saturated rings. The van der Waals surface area contributed by atoms with Gasteiger partial charge in [-0.25, -0.2) is 4.79 Å². The molecule has 1 aromatic rings. The second-order valence-electron chi connectivity index (χ2n) is 4.10. The van der Waals surface area contributed by atoms with Crippen LogP contribution in [0.4, 0.5) is 4.79 Å². The Kier molecular flexibility index (Phi) is 6.00. The van der Waals surface area contributed by atoms with E-state index in [9.17, 15) is 4.79 Å². The topological polar surface area (TPSA) is 61.4 Å². The molecule has 0 bridgehead atoms. The molecule has 0 saturated heterocycles. The Labute approximate surface area is 106 Å². The lowest BCUT2D eigenvalue weighted by molar-refractivity contribution is 0.214. The van der Waals surface area contributed by atoms with E-state index in [1.165, 1.54) is 5.56 Å². The van der Waals surface area contributed by atoms with E-state index in [2.05, 4.69) is 29.0 Å². The summed E-state index contributed by atoms with van der Waals surface area (Å²) in [5.74, 6) is 0.307. The second-order valence-corrected chi connectivity index (χ2v) is 4.88. The lowest BCUT2D eigenvalue weighted by Gasteiger charge is -2.16. The Morgan fingerprint density at radius 1 is 1.59 bits per heavy atom. The molecule has 96 valence electrons. The van der Waals surface area contributed by atoms with Crippen LogP contribution in [0.5, 0.6) is 0 Å². The van der Waals surface area contributed by atoms with Gasteiger partial charge in [-0.05, 0) is 34.7 Å². The van der Waals surface area contributed by atoms with E-state index in [1.54, 1.807) is 11.3 Å². The van der Waals surface area contributed by atoms with Crippen LogP contribution >= 0.6 is 11.3 Å². The summed E-state index contributed by atoms with van der Waals surface area (Å²) in [7, 11) is 0. The van der Waals surface area contributed by atoms with E-state index in [0.717, 1.165) is 6.42 Å². The van der Waals surface area contributed by atoms with Crippen LogP contribution in [0.2, 0.25) is 0 Å². The fourth-order valence-corrected chi connectivity index (χ4v) is 2.21. The van der Waals surface area contributed by atoms with Gasteiger partial charge in [-0.3, -0.25) is 0 Å². The van der Waals surface area contributed by atoms with Crippen molar-refractivity contribution >= 4 is 17.4 Å². The normalized spacial score (nSPS) is 14.1. The lowest BCUT2D eigenvalue weighted by Crippen LogP contribution is -2.44. The third-order valence-electron chi connectivity index (χ3n) is 2.73. The van der Waals surface area contributed by atoms with E-state index in [1.807, 2.05) is 12.3 Å². The van der Waals surface area contributed by atoms with Gasteiger partial charge < -0.3 is 15.7 Å². The number of carbonyl (C=O) groups excluding carboxylic acids is 1. The molecule has 5 heteroatoms. The quantitative estimate of drug-likeness (QED) is 0.728. The van der Waals surface area contributed by atoms with E-state index >= 15 is 0 Å². The van der Waals surface area contributed by atoms with E-state index in [-0.39, 0.29) is 18.7 Å². The summed E-state index contributed by atoms with van der Waals surface area (Å²) >= 11 is 1.66. The maximum absolute atomic E-state index is 11.5. The fraction of sp³-hybridized carbons (Fsp3) is 0.583. The van der Waals surface area contributed by atoms with Crippen molar-refractivity contribution in [3.05, 3.63) is 22.4 Å². The molecule has 4 nitrogen and oxygen atoms in total. The number of hydrogen-bond donors (Lipinski definition) is 3. The van der Waals surface area contributed by atoms with Gasteiger partial charge in [0, 0.05) is 6.54 Å². The molecule has 0 spiro atoms. The summed E-state index contributed by atoms with van der Waals surface area (Å²) in [4.78, 5) is 11.5. The average Bonchev–Trinajstić information content (AvgIpc) is 2.86. The third kappa shape index (κ3) is 4.75. The molecule has 0 aliphatic carbocycles. The molecular weight excluding hydrogens is 236 g/mol. The Morgan fingerprint density at radius 3 is 2.88 bits per heavy atom. The van der Waals surface area contributed by atoms with Crippen molar-refractivity contribution in [1.29, 1.82) is 0 Å². The maximum Gasteiger partial charge on any atom is 0.315 e. The Hall–Kier alpha value is -1.07. The number of thiophene rings is 1.